The predicted molar refractivity (Wildman–Crippen MR) is 223 cm³/mol. The van der Waals surface area contributed by atoms with E-state index in [0.29, 0.717) is 13.2 Å². The van der Waals surface area contributed by atoms with E-state index in [4.69, 9.17) is 4.74 Å². The molecule has 4 aliphatic rings. The van der Waals surface area contributed by atoms with Crippen molar-refractivity contribution in [1.29, 1.82) is 0 Å². The van der Waals surface area contributed by atoms with Gasteiger partial charge >= 0.3 is 0 Å². The van der Waals surface area contributed by atoms with Crippen molar-refractivity contribution in [3.05, 3.63) is 126 Å². The number of benzene rings is 4. The van der Waals surface area contributed by atoms with Crippen LogP contribution in [0.4, 0.5) is 17.1 Å². The molecule has 0 aromatic heterocycles. The van der Waals surface area contributed by atoms with Crippen LogP contribution in [0.15, 0.2) is 109 Å². The van der Waals surface area contributed by atoms with Crippen molar-refractivity contribution in [3.63, 3.8) is 0 Å². The first-order valence-corrected chi connectivity index (χ1v) is 23.2. The standard InChI is InChI=1S/C45H53N5O6Si/c1-32-41(57(2,3)55)39(28-40(52)47(26-27-51)29-33-12-6-4-7-13-33)56-45(32)37-16-10-11-17-38(37)48(43(45)54)30-34-18-20-35(21-19-34)49-31-50(36-14-8-5-9-15-36)44(42(49)53)22-24-46-25-23-44/h4-21,32,39,41,46,51,55H,22-31H2,1-3H3/t32-,39+,41-,45+/m0/s1. The summed E-state index contributed by atoms with van der Waals surface area (Å²) in [6.07, 6.45) is 0.735. The van der Waals surface area contributed by atoms with Crippen molar-refractivity contribution in [2.75, 3.05) is 47.6 Å². The Labute approximate surface area is 336 Å². The number of aliphatic hydroxyl groups excluding tert-OH is 1. The number of hydrogen-bond acceptors (Lipinski definition) is 8. The van der Waals surface area contributed by atoms with Crippen LogP contribution in [0.1, 0.15) is 42.9 Å². The molecule has 57 heavy (non-hydrogen) atoms. The molecule has 298 valence electrons. The highest BCUT2D eigenvalue weighted by Crippen LogP contribution is 2.59. The highest BCUT2D eigenvalue weighted by molar-refractivity contribution is 6.71. The van der Waals surface area contributed by atoms with Crippen molar-refractivity contribution in [2.45, 2.75) is 75.2 Å². The third-order valence-corrected chi connectivity index (χ3v) is 15.2. The summed E-state index contributed by atoms with van der Waals surface area (Å²) < 4.78 is 6.94. The third kappa shape index (κ3) is 6.87. The van der Waals surface area contributed by atoms with Gasteiger partial charge in [0, 0.05) is 41.5 Å². The number of rotatable bonds is 11. The lowest BCUT2D eigenvalue weighted by molar-refractivity contribution is -0.150. The Morgan fingerprint density at radius 1 is 0.860 bits per heavy atom. The summed E-state index contributed by atoms with van der Waals surface area (Å²) in [5, 5.41) is 13.3. The number of anilines is 3. The van der Waals surface area contributed by atoms with Gasteiger partial charge in [0.15, 0.2) is 13.9 Å². The number of para-hydroxylation sites is 2. The number of fused-ring (bicyclic) bond motifs is 2. The number of ether oxygens (including phenoxy) is 1. The van der Waals surface area contributed by atoms with E-state index in [0.717, 1.165) is 59.7 Å². The van der Waals surface area contributed by atoms with Gasteiger partial charge < -0.3 is 34.7 Å². The van der Waals surface area contributed by atoms with Gasteiger partial charge in [0.1, 0.15) is 5.54 Å². The Morgan fingerprint density at radius 3 is 2.18 bits per heavy atom. The molecule has 4 heterocycles. The van der Waals surface area contributed by atoms with Gasteiger partial charge in [0.05, 0.1) is 38.0 Å². The van der Waals surface area contributed by atoms with E-state index >= 15 is 0 Å². The predicted octanol–water partition coefficient (Wildman–Crippen LogP) is 5.38. The molecule has 11 nitrogen and oxygen atoms in total. The molecule has 0 radical (unpaired) electrons. The molecule has 4 aromatic rings. The molecule has 12 heteroatoms. The first-order valence-electron chi connectivity index (χ1n) is 20.2. The maximum Gasteiger partial charge on any atom is 0.264 e. The van der Waals surface area contributed by atoms with Crippen LogP contribution in [0.25, 0.3) is 0 Å². The van der Waals surface area contributed by atoms with Crippen molar-refractivity contribution < 1.29 is 29.0 Å². The molecule has 4 aromatic carbocycles. The Hall–Kier alpha value is -4.85. The van der Waals surface area contributed by atoms with Crippen LogP contribution in [0.2, 0.25) is 18.6 Å². The number of nitrogens with zero attached hydrogens (tertiary/aromatic N) is 4. The number of aliphatic hydroxyl groups is 1. The summed E-state index contributed by atoms with van der Waals surface area (Å²) in [5.74, 6) is -0.720. The largest absolute Gasteiger partial charge is 0.432 e. The molecule has 0 bridgehead atoms. The number of carbonyl (C=O) groups excluding carboxylic acids is 3. The van der Waals surface area contributed by atoms with Crippen LogP contribution in [-0.2, 0) is 37.8 Å². The van der Waals surface area contributed by atoms with E-state index in [1.54, 1.807) is 9.80 Å². The second-order valence-electron chi connectivity index (χ2n) is 16.6. The topological polar surface area (TPSA) is 126 Å². The molecule has 3 amide bonds. The quantitative estimate of drug-likeness (QED) is 0.173. The van der Waals surface area contributed by atoms with Crippen LogP contribution in [0.5, 0.6) is 0 Å². The van der Waals surface area contributed by atoms with E-state index in [9.17, 15) is 24.3 Å². The van der Waals surface area contributed by atoms with Gasteiger partial charge in [-0.05, 0) is 80.5 Å². The average Bonchev–Trinajstić information content (AvgIpc) is 3.76. The van der Waals surface area contributed by atoms with Gasteiger partial charge in [-0.2, -0.15) is 0 Å². The van der Waals surface area contributed by atoms with Crippen molar-refractivity contribution in [2.24, 2.45) is 5.92 Å². The summed E-state index contributed by atoms with van der Waals surface area (Å²) in [6, 6.07) is 35.4. The number of piperidine rings is 1. The van der Waals surface area contributed by atoms with Gasteiger partial charge in [-0.15, -0.1) is 0 Å². The maximum atomic E-state index is 15.0. The molecule has 4 aliphatic heterocycles. The maximum absolute atomic E-state index is 15.0. The van der Waals surface area contributed by atoms with E-state index in [1.165, 1.54) is 0 Å². The van der Waals surface area contributed by atoms with Gasteiger partial charge in [-0.25, -0.2) is 0 Å². The fraction of sp³-hybridized carbons (Fsp3) is 0.400. The average molecular weight is 788 g/mol. The molecule has 3 saturated heterocycles. The lowest BCUT2D eigenvalue weighted by Gasteiger charge is -2.39. The van der Waals surface area contributed by atoms with E-state index in [-0.39, 0.29) is 43.8 Å². The zero-order valence-electron chi connectivity index (χ0n) is 33.0. The lowest BCUT2D eigenvalue weighted by atomic mass is 9.82. The molecule has 0 unspecified atom stereocenters. The second-order valence-corrected chi connectivity index (χ2v) is 20.6. The SMILES string of the molecule is C[C@H]1[C@H]([Si](C)(C)O)[C@@H](CC(=O)N(CCO)Cc2ccccc2)O[C@]12C(=O)N(Cc1ccc(N3CN(c4ccccc4)C4(CCNCC4)C3=O)cc1)c1ccccc12. The zero-order valence-corrected chi connectivity index (χ0v) is 34.0. The third-order valence-electron chi connectivity index (χ3n) is 12.7. The normalized spacial score (nSPS) is 24.2. The number of carbonyl (C=O) groups is 3. The van der Waals surface area contributed by atoms with Crippen LogP contribution in [-0.4, -0.2) is 85.4 Å². The van der Waals surface area contributed by atoms with Gasteiger partial charge in [-0.3, -0.25) is 19.3 Å². The minimum absolute atomic E-state index is 0.0216. The van der Waals surface area contributed by atoms with Gasteiger partial charge in [0.25, 0.3) is 11.8 Å². The Balaban J connectivity index is 1.05. The molecule has 2 spiro atoms. The molecule has 0 saturated carbocycles. The summed E-state index contributed by atoms with van der Waals surface area (Å²) >= 11 is 0. The number of hydrogen-bond donors (Lipinski definition) is 3. The van der Waals surface area contributed by atoms with Crippen molar-refractivity contribution in [3.8, 4) is 0 Å². The second kappa shape index (κ2) is 15.5. The first kappa shape index (κ1) is 39.0. The lowest BCUT2D eigenvalue weighted by Crippen LogP contribution is -2.55. The first-order chi connectivity index (χ1) is 27.5. The van der Waals surface area contributed by atoms with E-state index < -0.39 is 37.0 Å². The number of amides is 3. The summed E-state index contributed by atoms with van der Waals surface area (Å²) in [4.78, 5) is 62.5. The Kier molecular flexibility index (Phi) is 10.6. The fourth-order valence-corrected chi connectivity index (χ4v) is 12.6. The van der Waals surface area contributed by atoms with Gasteiger partial charge in [-0.1, -0.05) is 85.8 Å². The summed E-state index contributed by atoms with van der Waals surface area (Å²) in [5.41, 5.74) is 2.77. The minimum atomic E-state index is -3.01. The molecule has 0 aliphatic carbocycles. The van der Waals surface area contributed by atoms with Crippen molar-refractivity contribution >= 4 is 43.1 Å². The van der Waals surface area contributed by atoms with Crippen LogP contribution in [0, 0.1) is 5.92 Å². The monoisotopic (exact) mass is 787 g/mol. The van der Waals surface area contributed by atoms with Gasteiger partial charge in [0.2, 0.25) is 5.91 Å². The minimum Gasteiger partial charge on any atom is -0.432 e. The molecule has 3 fully saturated rings. The summed E-state index contributed by atoms with van der Waals surface area (Å²) in [6.45, 7) is 8.29. The zero-order chi connectivity index (χ0) is 40.0. The molecule has 3 N–H and O–H groups in total. The highest BCUT2D eigenvalue weighted by atomic mass is 28.4. The van der Waals surface area contributed by atoms with Crippen LogP contribution >= 0.6 is 0 Å². The van der Waals surface area contributed by atoms with E-state index in [1.807, 2.05) is 122 Å². The molecular weight excluding hydrogens is 735 g/mol. The summed E-state index contributed by atoms with van der Waals surface area (Å²) in [7, 11) is -3.01. The Bertz CT molecular complexity index is 2090. The van der Waals surface area contributed by atoms with Crippen LogP contribution < -0.4 is 20.0 Å². The highest BCUT2D eigenvalue weighted by Gasteiger charge is 2.66. The molecular formula is C45H53N5O6Si. The van der Waals surface area contributed by atoms with Crippen LogP contribution in [0.3, 0.4) is 0 Å². The smallest absolute Gasteiger partial charge is 0.264 e. The Morgan fingerprint density at radius 2 is 1.51 bits per heavy atom. The van der Waals surface area contributed by atoms with E-state index in [2.05, 4.69) is 22.3 Å². The number of nitrogens with one attached hydrogen (secondary N) is 1. The van der Waals surface area contributed by atoms with Crippen molar-refractivity contribution in [1.82, 2.24) is 10.2 Å². The fourth-order valence-electron chi connectivity index (χ4n) is 10.0. The molecule has 8 rings (SSSR count). The molecule has 4 atom stereocenters.